The molecule has 0 atom stereocenters. The Balaban J connectivity index is 2.08. The molecule has 0 aliphatic heterocycles. The van der Waals surface area contributed by atoms with Crippen molar-refractivity contribution in [3.8, 4) is 0 Å². The zero-order valence-corrected chi connectivity index (χ0v) is 9.24. The summed E-state index contributed by atoms with van der Waals surface area (Å²) >= 11 is 1.69. The Morgan fingerprint density at radius 2 is 2.13 bits per heavy atom. The molecule has 0 amide bonds. The van der Waals surface area contributed by atoms with E-state index in [0.29, 0.717) is 11.6 Å². The van der Waals surface area contributed by atoms with Crippen molar-refractivity contribution in [3.63, 3.8) is 0 Å². The van der Waals surface area contributed by atoms with Gasteiger partial charge >= 0.3 is 0 Å². The second kappa shape index (κ2) is 4.27. The molecular weight excluding hydrogens is 208 g/mol. The van der Waals surface area contributed by atoms with E-state index in [1.165, 1.54) is 5.56 Å². The van der Waals surface area contributed by atoms with Crippen LogP contribution in [0.4, 0.5) is 11.6 Å². The van der Waals surface area contributed by atoms with Crippen LogP contribution in [0.25, 0.3) is 0 Å². The summed E-state index contributed by atoms with van der Waals surface area (Å²) in [6.45, 7) is 0.813. The van der Waals surface area contributed by atoms with Gasteiger partial charge in [-0.1, -0.05) is 0 Å². The van der Waals surface area contributed by atoms with Gasteiger partial charge in [-0.05, 0) is 22.4 Å². The van der Waals surface area contributed by atoms with Crippen LogP contribution in [-0.4, -0.2) is 17.0 Å². The number of nitrogen functional groups attached to an aromatic ring is 1. The predicted octanol–water partition coefficient (Wildman–Crippen LogP) is 1.76. The number of hydrogen-bond donors (Lipinski definition) is 1. The van der Waals surface area contributed by atoms with Gasteiger partial charge in [0.05, 0.1) is 18.1 Å². The molecule has 0 radical (unpaired) electrons. The van der Waals surface area contributed by atoms with Crippen LogP contribution in [0, 0.1) is 0 Å². The lowest BCUT2D eigenvalue weighted by molar-refractivity contribution is 0.870. The minimum atomic E-state index is 0.586. The molecule has 2 heterocycles. The van der Waals surface area contributed by atoms with Crippen LogP contribution < -0.4 is 10.6 Å². The van der Waals surface area contributed by atoms with E-state index in [9.17, 15) is 0 Å². The molecule has 0 aliphatic rings. The standard InChI is InChI=1S/C10H12N4S/c1-14(6-8-2-3-15-7-8)10-12-4-9(11)5-13-10/h2-5,7H,6,11H2,1H3. The zero-order valence-electron chi connectivity index (χ0n) is 8.42. The van der Waals surface area contributed by atoms with E-state index in [1.807, 2.05) is 11.9 Å². The first-order valence-electron chi connectivity index (χ1n) is 4.55. The van der Waals surface area contributed by atoms with E-state index in [4.69, 9.17) is 5.73 Å². The van der Waals surface area contributed by atoms with Gasteiger partial charge in [-0.15, -0.1) is 0 Å². The summed E-state index contributed by atoms with van der Waals surface area (Å²) in [5, 5.41) is 4.18. The second-order valence-electron chi connectivity index (χ2n) is 3.30. The molecule has 2 rings (SSSR count). The highest BCUT2D eigenvalue weighted by Gasteiger charge is 2.04. The summed E-state index contributed by atoms with van der Waals surface area (Å²) in [6.07, 6.45) is 3.24. The van der Waals surface area contributed by atoms with Gasteiger partial charge in [0, 0.05) is 13.6 Å². The molecule has 2 aromatic heterocycles. The fraction of sp³-hybridized carbons (Fsp3) is 0.200. The van der Waals surface area contributed by atoms with Gasteiger partial charge < -0.3 is 10.6 Å². The second-order valence-corrected chi connectivity index (χ2v) is 4.08. The highest BCUT2D eigenvalue weighted by molar-refractivity contribution is 7.07. The highest BCUT2D eigenvalue weighted by Crippen LogP contribution is 2.12. The third kappa shape index (κ3) is 2.44. The average Bonchev–Trinajstić information content (AvgIpc) is 2.71. The Hall–Kier alpha value is -1.62. The van der Waals surface area contributed by atoms with E-state index in [1.54, 1.807) is 23.7 Å². The minimum absolute atomic E-state index is 0.586. The van der Waals surface area contributed by atoms with Crippen molar-refractivity contribution < 1.29 is 0 Å². The molecule has 4 nitrogen and oxygen atoms in total. The Kier molecular flexibility index (Phi) is 2.82. The van der Waals surface area contributed by atoms with Gasteiger partial charge in [0.2, 0.25) is 5.95 Å². The van der Waals surface area contributed by atoms with Gasteiger partial charge in [0.25, 0.3) is 0 Å². The SMILES string of the molecule is CN(Cc1ccsc1)c1ncc(N)cn1. The van der Waals surface area contributed by atoms with Crippen LogP contribution in [0.2, 0.25) is 0 Å². The monoisotopic (exact) mass is 220 g/mol. The summed E-state index contributed by atoms with van der Waals surface area (Å²) in [5.74, 6) is 0.690. The first-order chi connectivity index (χ1) is 7.25. The Morgan fingerprint density at radius 1 is 1.40 bits per heavy atom. The molecule has 2 aromatic rings. The number of anilines is 2. The zero-order chi connectivity index (χ0) is 10.7. The fourth-order valence-corrected chi connectivity index (χ4v) is 1.92. The van der Waals surface area contributed by atoms with Crippen LogP contribution in [0.3, 0.4) is 0 Å². The maximum Gasteiger partial charge on any atom is 0.225 e. The van der Waals surface area contributed by atoms with Crippen LogP contribution in [0.1, 0.15) is 5.56 Å². The van der Waals surface area contributed by atoms with Crippen molar-refractivity contribution in [3.05, 3.63) is 34.8 Å². The molecule has 0 bridgehead atoms. The normalized spacial score (nSPS) is 10.2. The number of aromatic nitrogens is 2. The molecule has 15 heavy (non-hydrogen) atoms. The summed E-state index contributed by atoms with van der Waals surface area (Å²) in [6, 6.07) is 2.10. The topological polar surface area (TPSA) is 55.0 Å². The largest absolute Gasteiger partial charge is 0.396 e. The number of hydrogen-bond acceptors (Lipinski definition) is 5. The third-order valence-electron chi connectivity index (χ3n) is 2.00. The molecule has 78 valence electrons. The molecule has 5 heteroatoms. The lowest BCUT2D eigenvalue weighted by Gasteiger charge is -2.15. The minimum Gasteiger partial charge on any atom is -0.396 e. The van der Waals surface area contributed by atoms with Gasteiger partial charge in [0.1, 0.15) is 0 Å². The number of thiophene rings is 1. The smallest absolute Gasteiger partial charge is 0.225 e. The molecule has 0 aliphatic carbocycles. The number of nitrogens with zero attached hydrogens (tertiary/aromatic N) is 3. The van der Waals surface area contributed by atoms with Crippen LogP contribution in [0.5, 0.6) is 0 Å². The van der Waals surface area contributed by atoms with Crippen LogP contribution >= 0.6 is 11.3 Å². The predicted molar refractivity (Wildman–Crippen MR) is 62.9 cm³/mol. The first-order valence-corrected chi connectivity index (χ1v) is 5.50. The van der Waals surface area contributed by atoms with Crippen molar-refractivity contribution in [2.24, 2.45) is 0 Å². The summed E-state index contributed by atoms with van der Waals surface area (Å²) in [5.41, 5.74) is 7.37. The molecule has 0 fully saturated rings. The lowest BCUT2D eigenvalue weighted by atomic mass is 10.3. The van der Waals surface area contributed by atoms with Gasteiger partial charge in [-0.3, -0.25) is 0 Å². The summed E-state index contributed by atoms with van der Waals surface area (Å²) in [4.78, 5) is 10.3. The lowest BCUT2D eigenvalue weighted by Crippen LogP contribution is -2.18. The van der Waals surface area contributed by atoms with E-state index >= 15 is 0 Å². The van der Waals surface area contributed by atoms with Crippen molar-refractivity contribution in [2.45, 2.75) is 6.54 Å². The maximum atomic E-state index is 5.52. The molecule has 0 aromatic carbocycles. The molecule has 0 saturated heterocycles. The van der Waals surface area contributed by atoms with Crippen molar-refractivity contribution in [1.82, 2.24) is 9.97 Å². The quantitative estimate of drug-likeness (QED) is 0.856. The van der Waals surface area contributed by atoms with E-state index in [2.05, 4.69) is 26.8 Å². The van der Waals surface area contributed by atoms with E-state index < -0.39 is 0 Å². The third-order valence-corrected chi connectivity index (χ3v) is 2.73. The first kappa shape index (κ1) is 9.92. The Morgan fingerprint density at radius 3 is 2.73 bits per heavy atom. The fourth-order valence-electron chi connectivity index (χ4n) is 1.26. The Bertz CT molecular complexity index is 409. The van der Waals surface area contributed by atoms with Crippen molar-refractivity contribution >= 4 is 23.0 Å². The summed E-state index contributed by atoms with van der Waals surface area (Å²) < 4.78 is 0. The van der Waals surface area contributed by atoms with E-state index in [0.717, 1.165) is 6.54 Å². The number of nitrogens with two attached hydrogens (primary N) is 1. The van der Waals surface area contributed by atoms with Crippen molar-refractivity contribution in [2.75, 3.05) is 17.7 Å². The summed E-state index contributed by atoms with van der Waals surface area (Å²) in [7, 11) is 1.96. The molecule has 0 saturated carbocycles. The Labute approximate surface area is 92.4 Å². The van der Waals surface area contributed by atoms with Gasteiger partial charge in [-0.2, -0.15) is 11.3 Å². The van der Waals surface area contributed by atoms with Crippen LogP contribution in [0.15, 0.2) is 29.2 Å². The molecule has 2 N–H and O–H groups in total. The van der Waals surface area contributed by atoms with Crippen LogP contribution in [-0.2, 0) is 6.54 Å². The van der Waals surface area contributed by atoms with Crippen molar-refractivity contribution in [1.29, 1.82) is 0 Å². The molecule has 0 spiro atoms. The van der Waals surface area contributed by atoms with E-state index in [-0.39, 0.29) is 0 Å². The van der Waals surface area contributed by atoms with Gasteiger partial charge in [-0.25, -0.2) is 9.97 Å². The highest BCUT2D eigenvalue weighted by atomic mass is 32.1. The molecule has 0 unspecified atom stereocenters. The molecular formula is C10H12N4S. The number of rotatable bonds is 3. The maximum absolute atomic E-state index is 5.52. The van der Waals surface area contributed by atoms with Gasteiger partial charge in [0.15, 0.2) is 0 Å². The average molecular weight is 220 g/mol.